The molecular formula is C17H15ClN2O4. The largest absolute Gasteiger partial charge is 0.489 e. The summed E-state index contributed by atoms with van der Waals surface area (Å²) >= 11 is 5.98. The quantitative estimate of drug-likeness (QED) is 0.475. The number of anilines is 1. The van der Waals surface area contributed by atoms with Gasteiger partial charge in [-0.2, -0.15) is 0 Å². The number of rotatable bonds is 6. The van der Waals surface area contributed by atoms with Crippen LogP contribution in [0.15, 0.2) is 54.6 Å². The Bertz CT molecular complexity index is 805. The van der Waals surface area contributed by atoms with E-state index in [4.69, 9.17) is 16.3 Å². The minimum atomic E-state index is -0.557. The molecule has 6 nitrogen and oxygen atoms in total. The van der Waals surface area contributed by atoms with Crippen molar-refractivity contribution in [3.8, 4) is 5.75 Å². The second kappa shape index (κ2) is 7.61. The Balaban J connectivity index is 2.18. The number of halogens is 1. The normalized spacial score (nSPS) is 10.1. The lowest BCUT2D eigenvalue weighted by atomic mass is 10.2. The number of non-ortho nitro benzene ring substituents is 1. The third-order valence-electron chi connectivity index (χ3n) is 2.99. The number of nitro groups is 1. The van der Waals surface area contributed by atoms with Crippen LogP contribution in [0.1, 0.15) is 17.3 Å². The number of carbonyl (C=O) groups is 1. The predicted molar refractivity (Wildman–Crippen MR) is 92.8 cm³/mol. The third-order valence-corrected chi connectivity index (χ3v) is 3.32. The first-order chi connectivity index (χ1) is 11.4. The minimum Gasteiger partial charge on any atom is -0.489 e. The SMILES string of the molecule is C=C(C)COc1cccc(C(=O)Nc2cc([N+](=O)[O-])ccc2Cl)c1. The fourth-order valence-electron chi connectivity index (χ4n) is 1.85. The van der Waals surface area contributed by atoms with Gasteiger partial charge in [-0.1, -0.05) is 24.2 Å². The summed E-state index contributed by atoms with van der Waals surface area (Å²) in [4.78, 5) is 22.6. The number of nitrogens with zero attached hydrogens (tertiary/aromatic N) is 1. The van der Waals surface area contributed by atoms with Gasteiger partial charge in [0.15, 0.2) is 0 Å². The highest BCUT2D eigenvalue weighted by Gasteiger charge is 2.13. The number of hydrogen-bond donors (Lipinski definition) is 1. The fraction of sp³-hybridized carbons (Fsp3) is 0.118. The van der Waals surface area contributed by atoms with Crippen molar-refractivity contribution in [1.29, 1.82) is 0 Å². The van der Waals surface area contributed by atoms with Crippen LogP contribution in [0.5, 0.6) is 5.75 Å². The average Bonchev–Trinajstić information content (AvgIpc) is 2.55. The van der Waals surface area contributed by atoms with E-state index in [0.29, 0.717) is 17.9 Å². The van der Waals surface area contributed by atoms with Crippen LogP contribution in [0.2, 0.25) is 5.02 Å². The maximum Gasteiger partial charge on any atom is 0.271 e. The van der Waals surface area contributed by atoms with Crippen molar-refractivity contribution >= 4 is 28.9 Å². The smallest absolute Gasteiger partial charge is 0.271 e. The van der Waals surface area contributed by atoms with Gasteiger partial charge in [0.05, 0.1) is 15.6 Å². The Morgan fingerprint density at radius 3 is 2.75 bits per heavy atom. The van der Waals surface area contributed by atoms with Crippen LogP contribution < -0.4 is 10.1 Å². The first-order valence-electron chi connectivity index (χ1n) is 6.99. The van der Waals surface area contributed by atoms with Crippen LogP contribution in [0.3, 0.4) is 0 Å². The molecule has 0 unspecified atom stereocenters. The van der Waals surface area contributed by atoms with E-state index in [9.17, 15) is 14.9 Å². The number of carbonyl (C=O) groups excluding carboxylic acids is 1. The Morgan fingerprint density at radius 1 is 1.33 bits per heavy atom. The molecule has 0 atom stereocenters. The predicted octanol–water partition coefficient (Wildman–Crippen LogP) is 4.46. The summed E-state index contributed by atoms with van der Waals surface area (Å²) in [5.41, 5.74) is 1.21. The van der Waals surface area contributed by atoms with Crippen molar-refractivity contribution in [2.45, 2.75) is 6.92 Å². The zero-order valence-corrected chi connectivity index (χ0v) is 13.7. The molecule has 0 saturated heterocycles. The molecule has 7 heteroatoms. The second-order valence-corrected chi connectivity index (χ2v) is 5.56. The number of hydrogen-bond acceptors (Lipinski definition) is 4. The van der Waals surface area contributed by atoms with Crippen molar-refractivity contribution < 1.29 is 14.5 Å². The van der Waals surface area contributed by atoms with Gasteiger partial charge in [-0.25, -0.2) is 0 Å². The molecule has 0 bridgehead atoms. The molecule has 124 valence electrons. The Morgan fingerprint density at radius 2 is 2.08 bits per heavy atom. The molecule has 1 amide bonds. The summed E-state index contributed by atoms with van der Waals surface area (Å²) in [6, 6.07) is 10.4. The molecule has 0 radical (unpaired) electrons. The molecule has 0 aliphatic carbocycles. The van der Waals surface area contributed by atoms with E-state index in [1.807, 2.05) is 6.92 Å². The van der Waals surface area contributed by atoms with E-state index >= 15 is 0 Å². The summed E-state index contributed by atoms with van der Waals surface area (Å²) in [6.07, 6.45) is 0. The Hall–Kier alpha value is -2.86. The van der Waals surface area contributed by atoms with Crippen molar-refractivity contribution in [1.82, 2.24) is 0 Å². The molecule has 0 fully saturated rings. The number of amides is 1. The topological polar surface area (TPSA) is 81.5 Å². The van der Waals surface area contributed by atoms with Crippen LogP contribution in [0, 0.1) is 10.1 Å². The minimum absolute atomic E-state index is 0.159. The lowest BCUT2D eigenvalue weighted by molar-refractivity contribution is -0.384. The van der Waals surface area contributed by atoms with Crippen molar-refractivity contribution in [3.63, 3.8) is 0 Å². The van der Waals surface area contributed by atoms with Crippen LogP contribution in [0.4, 0.5) is 11.4 Å². The van der Waals surface area contributed by atoms with E-state index in [2.05, 4.69) is 11.9 Å². The summed E-state index contributed by atoms with van der Waals surface area (Å²) in [7, 11) is 0. The van der Waals surface area contributed by atoms with Crippen molar-refractivity contribution in [2.24, 2.45) is 0 Å². The first-order valence-corrected chi connectivity index (χ1v) is 7.37. The molecule has 2 aromatic rings. The van der Waals surface area contributed by atoms with Gasteiger partial charge < -0.3 is 10.1 Å². The summed E-state index contributed by atoms with van der Waals surface area (Å²) in [6.45, 7) is 5.92. The molecule has 1 N–H and O–H groups in total. The second-order valence-electron chi connectivity index (χ2n) is 5.15. The van der Waals surface area contributed by atoms with Gasteiger partial charge in [-0.15, -0.1) is 0 Å². The summed E-state index contributed by atoms with van der Waals surface area (Å²) in [5.74, 6) is 0.0777. The van der Waals surface area contributed by atoms with E-state index in [1.165, 1.54) is 18.2 Å². The zero-order valence-electron chi connectivity index (χ0n) is 12.9. The van der Waals surface area contributed by atoms with Crippen LogP contribution in [-0.4, -0.2) is 17.4 Å². The summed E-state index contributed by atoms with van der Waals surface area (Å²) in [5, 5.41) is 13.6. The maximum absolute atomic E-state index is 12.3. The summed E-state index contributed by atoms with van der Waals surface area (Å²) < 4.78 is 5.49. The van der Waals surface area contributed by atoms with E-state index in [-0.39, 0.29) is 16.4 Å². The molecule has 2 aromatic carbocycles. The molecule has 0 heterocycles. The molecule has 0 spiro atoms. The molecule has 0 aliphatic heterocycles. The maximum atomic E-state index is 12.3. The van der Waals surface area contributed by atoms with Gasteiger partial charge in [0, 0.05) is 17.7 Å². The van der Waals surface area contributed by atoms with E-state index < -0.39 is 10.8 Å². The Kier molecular flexibility index (Phi) is 5.55. The molecule has 24 heavy (non-hydrogen) atoms. The van der Waals surface area contributed by atoms with Gasteiger partial charge in [-0.3, -0.25) is 14.9 Å². The number of ether oxygens (including phenoxy) is 1. The van der Waals surface area contributed by atoms with E-state index in [0.717, 1.165) is 5.57 Å². The van der Waals surface area contributed by atoms with E-state index in [1.54, 1.807) is 24.3 Å². The van der Waals surface area contributed by atoms with Crippen molar-refractivity contribution in [2.75, 3.05) is 11.9 Å². The number of nitro benzene ring substituents is 1. The molecule has 2 rings (SSSR count). The number of nitrogens with one attached hydrogen (secondary N) is 1. The standard InChI is InChI=1S/C17H15ClN2O4/c1-11(2)10-24-14-5-3-4-12(8-14)17(21)19-16-9-13(20(22)23)6-7-15(16)18/h3-9H,1,10H2,2H3,(H,19,21). The van der Waals surface area contributed by atoms with Gasteiger partial charge in [-0.05, 0) is 36.8 Å². The van der Waals surface area contributed by atoms with Crippen LogP contribution in [-0.2, 0) is 0 Å². The first kappa shape index (κ1) is 17.5. The van der Waals surface area contributed by atoms with Gasteiger partial charge in [0.25, 0.3) is 11.6 Å². The van der Waals surface area contributed by atoms with Gasteiger partial charge in [0.1, 0.15) is 12.4 Å². The molecular weight excluding hydrogens is 332 g/mol. The highest BCUT2D eigenvalue weighted by molar-refractivity contribution is 6.34. The number of benzene rings is 2. The highest BCUT2D eigenvalue weighted by Crippen LogP contribution is 2.27. The third kappa shape index (κ3) is 4.57. The van der Waals surface area contributed by atoms with Crippen LogP contribution >= 0.6 is 11.6 Å². The fourth-order valence-corrected chi connectivity index (χ4v) is 2.02. The lowest BCUT2D eigenvalue weighted by Crippen LogP contribution is -2.12. The molecule has 0 aromatic heterocycles. The monoisotopic (exact) mass is 346 g/mol. The zero-order chi connectivity index (χ0) is 17.7. The van der Waals surface area contributed by atoms with Crippen molar-refractivity contribution in [3.05, 3.63) is 75.3 Å². The highest BCUT2D eigenvalue weighted by atomic mass is 35.5. The average molecular weight is 347 g/mol. The van der Waals surface area contributed by atoms with Crippen LogP contribution in [0.25, 0.3) is 0 Å². The van der Waals surface area contributed by atoms with Gasteiger partial charge >= 0.3 is 0 Å². The Labute approximate surface area is 143 Å². The molecule has 0 saturated carbocycles. The lowest BCUT2D eigenvalue weighted by Gasteiger charge is -2.09. The van der Waals surface area contributed by atoms with Gasteiger partial charge in [0.2, 0.25) is 0 Å². The molecule has 0 aliphatic rings.